The number of nitrogens with zero attached hydrogens (tertiary/aromatic N) is 6. The number of aryl methyl sites for hydroxylation is 3. The lowest BCUT2D eigenvalue weighted by Crippen LogP contribution is -2.02. The quantitative estimate of drug-likeness (QED) is 0.548. The topological polar surface area (TPSA) is 105 Å². The minimum absolute atomic E-state index is 0.300. The van der Waals surface area contributed by atoms with Crippen LogP contribution in [-0.4, -0.2) is 14.6 Å². The molecule has 7 nitrogen and oxygen atoms in total. The Hall–Kier alpha value is -2.92. The summed E-state index contributed by atoms with van der Waals surface area (Å²) >= 11 is 4.29. The molecule has 0 unspecified atom stereocenters. The first-order chi connectivity index (χ1) is 11.4. The Labute approximate surface area is 144 Å². The smallest absolute Gasteiger partial charge is 0.175 e. The van der Waals surface area contributed by atoms with E-state index >= 15 is 0 Å². The van der Waals surface area contributed by atoms with Crippen LogP contribution in [0.25, 0.3) is 5.65 Å². The number of azo groups is 1. The number of hydrogen-bond acceptors (Lipinski definition) is 7. The zero-order chi connectivity index (χ0) is 17.4. The molecule has 2 N–H and O–H groups in total. The number of benzene rings is 1. The van der Waals surface area contributed by atoms with Crippen LogP contribution in [0.2, 0.25) is 0 Å². The summed E-state index contributed by atoms with van der Waals surface area (Å²) in [6.45, 7) is 5.45. The highest BCUT2D eigenvalue weighted by Crippen LogP contribution is 2.30. The second kappa shape index (κ2) is 5.94. The third-order valence-electron chi connectivity index (χ3n) is 3.67. The lowest BCUT2D eigenvalue weighted by molar-refractivity contribution is 0.917. The molecule has 2 heterocycles. The molecule has 2 aromatic heterocycles. The van der Waals surface area contributed by atoms with Gasteiger partial charge in [-0.15, -0.1) is 17.7 Å². The second-order valence-electron chi connectivity index (χ2n) is 5.41. The molecule has 0 saturated heterocycles. The summed E-state index contributed by atoms with van der Waals surface area (Å²) in [6, 6.07) is 7.69. The fourth-order valence-electron chi connectivity index (χ4n) is 2.39. The van der Waals surface area contributed by atoms with Crippen molar-refractivity contribution in [1.29, 1.82) is 5.26 Å². The maximum atomic E-state index is 9.23. The van der Waals surface area contributed by atoms with Crippen LogP contribution in [0.5, 0.6) is 0 Å². The summed E-state index contributed by atoms with van der Waals surface area (Å²) in [5, 5.41) is 22.0. The first-order valence-electron chi connectivity index (χ1n) is 7.19. The molecule has 3 aromatic rings. The number of anilines is 1. The van der Waals surface area contributed by atoms with Crippen LogP contribution in [-0.2, 0) is 0 Å². The van der Waals surface area contributed by atoms with E-state index in [1.165, 1.54) is 4.52 Å². The molecule has 0 aliphatic carbocycles. The Morgan fingerprint density at radius 2 is 1.96 bits per heavy atom. The summed E-state index contributed by atoms with van der Waals surface area (Å²) in [6.07, 6.45) is 0. The Balaban J connectivity index is 2.13. The van der Waals surface area contributed by atoms with Crippen LogP contribution in [0.3, 0.4) is 0 Å². The van der Waals surface area contributed by atoms with Gasteiger partial charge in [-0.25, -0.2) is 4.98 Å². The molecule has 0 aliphatic heterocycles. The van der Waals surface area contributed by atoms with Crippen molar-refractivity contribution in [3.8, 4) is 6.07 Å². The molecule has 3 rings (SSSR count). The van der Waals surface area contributed by atoms with E-state index in [0.717, 1.165) is 16.1 Å². The van der Waals surface area contributed by atoms with Gasteiger partial charge in [0.2, 0.25) is 0 Å². The van der Waals surface area contributed by atoms with Crippen LogP contribution in [0.1, 0.15) is 22.5 Å². The molecule has 0 aliphatic rings. The lowest BCUT2D eigenvalue weighted by atomic mass is 10.2. The fourth-order valence-corrected chi connectivity index (χ4v) is 2.66. The molecule has 0 atom stereocenters. The van der Waals surface area contributed by atoms with Gasteiger partial charge in [0.1, 0.15) is 17.3 Å². The Kier molecular flexibility index (Phi) is 3.95. The Morgan fingerprint density at radius 1 is 1.21 bits per heavy atom. The summed E-state index contributed by atoms with van der Waals surface area (Å²) in [5.41, 5.74) is 10.3. The SMILES string of the molecule is Cc1cc(S)ccc1/N=N/c1c(C)nc2c(C#N)c(C)nn2c1N. The van der Waals surface area contributed by atoms with Crippen LogP contribution >= 0.6 is 12.6 Å². The molecular formula is C16H15N7S. The van der Waals surface area contributed by atoms with Gasteiger partial charge in [-0.05, 0) is 44.5 Å². The van der Waals surface area contributed by atoms with Crippen molar-refractivity contribution in [2.45, 2.75) is 25.7 Å². The van der Waals surface area contributed by atoms with E-state index in [0.29, 0.717) is 34.1 Å². The zero-order valence-electron chi connectivity index (χ0n) is 13.4. The van der Waals surface area contributed by atoms with Crippen molar-refractivity contribution in [3.63, 3.8) is 0 Å². The highest BCUT2D eigenvalue weighted by Gasteiger charge is 2.17. The van der Waals surface area contributed by atoms with Crippen molar-refractivity contribution in [2.75, 3.05) is 5.73 Å². The number of hydrogen-bond donors (Lipinski definition) is 2. The normalized spacial score (nSPS) is 11.3. The Morgan fingerprint density at radius 3 is 2.62 bits per heavy atom. The van der Waals surface area contributed by atoms with Crippen molar-refractivity contribution < 1.29 is 0 Å². The first kappa shape index (κ1) is 16.0. The van der Waals surface area contributed by atoms with Gasteiger partial charge in [-0.2, -0.15) is 20.0 Å². The van der Waals surface area contributed by atoms with Gasteiger partial charge in [0.15, 0.2) is 11.5 Å². The zero-order valence-corrected chi connectivity index (χ0v) is 14.3. The lowest BCUT2D eigenvalue weighted by Gasteiger charge is -2.06. The number of nitrogens with two attached hydrogens (primary N) is 1. The molecule has 0 fully saturated rings. The predicted octanol–water partition coefficient (Wildman–Crippen LogP) is 3.81. The van der Waals surface area contributed by atoms with Crippen molar-refractivity contribution >= 4 is 35.5 Å². The molecule has 0 bridgehead atoms. The maximum absolute atomic E-state index is 9.23. The average Bonchev–Trinajstić information content (AvgIpc) is 2.84. The summed E-state index contributed by atoms with van der Waals surface area (Å²) in [7, 11) is 0. The van der Waals surface area contributed by atoms with Gasteiger partial charge in [-0.1, -0.05) is 0 Å². The molecule has 0 spiro atoms. The van der Waals surface area contributed by atoms with E-state index in [4.69, 9.17) is 5.73 Å². The molecule has 8 heteroatoms. The number of rotatable bonds is 2. The number of fused-ring (bicyclic) bond motifs is 1. The van der Waals surface area contributed by atoms with Gasteiger partial charge < -0.3 is 5.73 Å². The maximum Gasteiger partial charge on any atom is 0.175 e. The van der Waals surface area contributed by atoms with E-state index in [1.54, 1.807) is 13.8 Å². The van der Waals surface area contributed by atoms with E-state index < -0.39 is 0 Å². The molecule has 0 radical (unpaired) electrons. The summed E-state index contributed by atoms with van der Waals surface area (Å²) in [4.78, 5) is 5.27. The Bertz CT molecular complexity index is 1030. The van der Waals surface area contributed by atoms with E-state index in [1.807, 2.05) is 25.1 Å². The highest BCUT2D eigenvalue weighted by atomic mass is 32.1. The van der Waals surface area contributed by atoms with Crippen LogP contribution < -0.4 is 5.73 Å². The highest BCUT2D eigenvalue weighted by molar-refractivity contribution is 7.80. The standard InChI is InChI=1S/C16H15N7S/c1-8-6-11(24)4-5-13(8)20-21-14-10(3)19-16-12(7-17)9(2)22-23(16)15(14)18/h4-6,24H,18H2,1-3H3/b21-20+. The second-order valence-corrected chi connectivity index (χ2v) is 5.93. The third-order valence-corrected chi connectivity index (χ3v) is 3.95. The number of nitrogen functional groups attached to an aromatic ring is 1. The molecule has 0 amide bonds. The predicted molar refractivity (Wildman–Crippen MR) is 94.2 cm³/mol. The van der Waals surface area contributed by atoms with Crippen LogP contribution in [0, 0.1) is 32.1 Å². The molecule has 0 saturated carbocycles. The van der Waals surface area contributed by atoms with Gasteiger partial charge in [0.25, 0.3) is 0 Å². The largest absolute Gasteiger partial charge is 0.382 e. The van der Waals surface area contributed by atoms with Crippen molar-refractivity contribution in [3.05, 3.63) is 40.7 Å². The third kappa shape index (κ3) is 2.59. The number of aromatic nitrogens is 3. The van der Waals surface area contributed by atoms with Gasteiger partial charge in [0.05, 0.1) is 17.1 Å². The van der Waals surface area contributed by atoms with E-state index in [-0.39, 0.29) is 0 Å². The van der Waals surface area contributed by atoms with Gasteiger partial charge >= 0.3 is 0 Å². The van der Waals surface area contributed by atoms with Gasteiger partial charge in [0, 0.05) is 4.90 Å². The first-order valence-corrected chi connectivity index (χ1v) is 7.64. The summed E-state index contributed by atoms with van der Waals surface area (Å²) < 4.78 is 1.43. The average molecular weight is 337 g/mol. The fraction of sp³-hybridized carbons (Fsp3) is 0.188. The van der Waals surface area contributed by atoms with E-state index in [2.05, 4.69) is 39.0 Å². The molecule has 1 aromatic carbocycles. The van der Waals surface area contributed by atoms with Crippen LogP contribution in [0.15, 0.2) is 33.3 Å². The number of thiol groups is 1. The monoisotopic (exact) mass is 337 g/mol. The summed E-state index contributed by atoms with van der Waals surface area (Å²) in [5.74, 6) is 0.300. The molecule has 120 valence electrons. The van der Waals surface area contributed by atoms with Gasteiger partial charge in [-0.3, -0.25) is 0 Å². The minimum atomic E-state index is 0.300. The van der Waals surface area contributed by atoms with Crippen molar-refractivity contribution in [1.82, 2.24) is 14.6 Å². The van der Waals surface area contributed by atoms with E-state index in [9.17, 15) is 5.26 Å². The minimum Gasteiger partial charge on any atom is -0.382 e. The molecular weight excluding hydrogens is 322 g/mol. The number of nitriles is 1. The van der Waals surface area contributed by atoms with Crippen LogP contribution in [0.4, 0.5) is 17.2 Å². The van der Waals surface area contributed by atoms with Crippen molar-refractivity contribution in [2.24, 2.45) is 10.2 Å². The molecule has 24 heavy (non-hydrogen) atoms.